The topological polar surface area (TPSA) is 58.2 Å². The molecular formula is C20H18N2O2S. The lowest BCUT2D eigenvalue weighted by Crippen LogP contribution is -2.25. The predicted octanol–water partition coefficient (Wildman–Crippen LogP) is 4.35. The minimum absolute atomic E-state index is 0.0549. The van der Waals surface area contributed by atoms with Crippen LogP contribution in [0.15, 0.2) is 48.5 Å². The Morgan fingerprint density at radius 2 is 1.72 bits per heavy atom. The summed E-state index contributed by atoms with van der Waals surface area (Å²) in [5.41, 5.74) is 2.30. The summed E-state index contributed by atoms with van der Waals surface area (Å²) in [6.45, 7) is 1.97. The molecule has 0 radical (unpaired) electrons. The van der Waals surface area contributed by atoms with Crippen LogP contribution in [0.5, 0.6) is 0 Å². The van der Waals surface area contributed by atoms with Gasteiger partial charge in [-0.1, -0.05) is 18.2 Å². The minimum Gasteiger partial charge on any atom is -0.349 e. The van der Waals surface area contributed by atoms with Crippen LogP contribution >= 0.6 is 11.3 Å². The molecule has 0 atom stereocenters. The monoisotopic (exact) mass is 350 g/mol. The van der Waals surface area contributed by atoms with Gasteiger partial charge >= 0.3 is 0 Å². The summed E-state index contributed by atoms with van der Waals surface area (Å²) in [5.74, 6) is -0.172. The van der Waals surface area contributed by atoms with Gasteiger partial charge < -0.3 is 10.6 Å². The van der Waals surface area contributed by atoms with Crippen LogP contribution in [0.25, 0.3) is 10.1 Å². The number of fused-ring (bicyclic) bond motifs is 1. The van der Waals surface area contributed by atoms with Crippen molar-refractivity contribution in [2.24, 2.45) is 0 Å². The summed E-state index contributed by atoms with van der Waals surface area (Å²) >= 11 is 1.50. The van der Waals surface area contributed by atoms with Crippen molar-refractivity contribution >= 4 is 38.9 Å². The smallest absolute Gasteiger partial charge is 0.266 e. The minimum atomic E-state index is -0.117. The third-order valence-electron chi connectivity index (χ3n) is 4.37. The second kappa shape index (κ2) is 6.33. The van der Waals surface area contributed by atoms with E-state index in [4.69, 9.17) is 0 Å². The number of nitrogens with one attached hydrogen (secondary N) is 2. The lowest BCUT2D eigenvalue weighted by Gasteiger charge is -2.07. The van der Waals surface area contributed by atoms with Gasteiger partial charge in [0.2, 0.25) is 0 Å². The fourth-order valence-electron chi connectivity index (χ4n) is 2.78. The predicted molar refractivity (Wildman–Crippen MR) is 101 cm³/mol. The standard InChI is InChI=1S/C20H18N2O2S/c1-12-16-4-2-3-5-17(16)25-18(12)20(24)22-14-8-6-13(7-9-14)19(23)21-15-10-11-15/h2-9,15H,10-11H2,1H3,(H,21,23)(H,22,24). The molecule has 1 aromatic heterocycles. The molecule has 0 saturated heterocycles. The van der Waals surface area contributed by atoms with Crippen LogP contribution in [0.2, 0.25) is 0 Å². The summed E-state index contributed by atoms with van der Waals surface area (Å²) in [6, 6.07) is 15.4. The number of benzene rings is 2. The van der Waals surface area contributed by atoms with Gasteiger partial charge in [-0.25, -0.2) is 0 Å². The van der Waals surface area contributed by atoms with Crippen molar-refractivity contribution < 1.29 is 9.59 Å². The molecule has 1 fully saturated rings. The number of carbonyl (C=O) groups is 2. The van der Waals surface area contributed by atoms with Gasteiger partial charge in [0, 0.05) is 22.0 Å². The van der Waals surface area contributed by atoms with Crippen molar-refractivity contribution in [3.63, 3.8) is 0 Å². The second-order valence-electron chi connectivity index (χ2n) is 6.33. The molecule has 3 aromatic rings. The zero-order valence-electron chi connectivity index (χ0n) is 13.8. The Bertz CT molecular complexity index is 955. The number of anilines is 1. The Hall–Kier alpha value is -2.66. The molecule has 1 heterocycles. The quantitative estimate of drug-likeness (QED) is 0.735. The number of hydrogen-bond donors (Lipinski definition) is 2. The first-order chi connectivity index (χ1) is 12.1. The third kappa shape index (κ3) is 3.28. The van der Waals surface area contributed by atoms with Gasteiger partial charge in [0.1, 0.15) is 0 Å². The number of rotatable bonds is 4. The molecule has 0 unspecified atom stereocenters. The normalized spacial score (nSPS) is 13.6. The number of aryl methyl sites for hydroxylation is 1. The van der Waals surface area contributed by atoms with E-state index in [2.05, 4.69) is 10.6 Å². The Balaban J connectivity index is 1.49. The zero-order chi connectivity index (χ0) is 17.4. The van der Waals surface area contributed by atoms with Gasteiger partial charge in [-0.05, 0) is 61.0 Å². The van der Waals surface area contributed by atoms with Crippen LogP contribution in [0, 0.1) is 6.92 Å². The van der Waals surface area contributed by atoms with E-state index in [0.717, 1.165) is 33.4 Å². The van der Waals surface area contributed by atoms with Crippen molar-refractivity contribution in [3.05, 3.63) is 64.5 Å². The molecule has 2 amide bonds. The van der Waals surface area contributed by atoms with Gasteiger partial charge in [0.05, 0.1) is 4.88 Å². The lowest BCUT2D eigenvalue weighted by atomic mass is 10.1. The van der Waals surface area contributed by atoms with Crippen molar-refractivity contribution in [2.75, 3.05) is 5.32 Å². The molecule has 0 spiro atoms. The Morgan fingerprint density at radius 3 is 2.40 bits per heavy atom. The van der Waals surface area contributed by atoms with E-state index in [9.17, 15) is 9.59 Å². The molecule has 126 valence electrons. The van der Waals surface area contributed by atoms with Crippen LogP contribution < -0.4 is 10.6 Å². The molecular weight excluding hydrogens is 332 g/mol. The van der Waals surface area contributed by atoms with E-state index in [1.54, 1.807) is 24.3 Å². The molecule has 5 heteroatoms. The third-order valence-corrected chi connectivity index (χ3v) is 5.64. The highest BCUT2D eigenvalue weighted by atomic mass is 32.1. The van der Waals surface area contributed by atoms with E-state index in [0.29, 0.717) is 17.3 Å². The first kappa shape index (κ1) is 15.8. The van der Waals surface area contributed by atoms with Crippen molar-refractivity contribution in [3.8, 4) is 0 Å². The SMILES string of the molecule is Cc1c(C(=O)Nc2ccc(C(=O)NC3CC3)cc2)sc2ccccc12. The number of carbonyl (C=O) groups excluding carboxylic acids is 2. The van der Waals surface area contributed by atoms with Gasteiger partial charge in [0.15, 0.2) is 0 Å². The Kier molecular flexibility index (Phi) is 4.01. The molecule has 1 aliphatic carbocycles. The van der Waals surface area contributed by atoms with E-state index in [1.165, 1.54) is 11.3 Å². The summed E-state index contributed by atoms with van der Waals surface area (Å²) in [7, 11) is 0. The van der Waals surface area contributed by atoms with E-state index < -0.39 is 0 Å². The van der Waals surface area contributed by atoms with Gasteiger partial charge in [0.25, 0.3) is 11.8 Å². The van der Waals surface area contributed by atoms with Crippen LogP contribution in [-0.4, -0.2) is 17.9 Å². The van der Waals surface area contributed by atoms with Crippen LogP contribution in [0.4, 0.5) is 5.69 Å². The molecule has 4 rings (SSSR count). The van der Waals surface area contributed by atoms with Gasteiger partial charge in [-0.3, -0.25) is 9.59 Å². The summed E-state index contributed by atoms with van der Waals surface area (Å²) in [6.07, 6.45) is 2.13. The van der Waals surface area contributed by atoms with E-state index in [-0.39, 0.29) is 11.8 Å². The zero-order valence-corrected chi connectivity index (χ0v) is 14.7. The Labute approximate surface area is 149 Å². The number of hydrogen-bond acceptors (Lipinski definition) is 3. The molecule has 2 aromatic carbocycles. The second-order valence-corrected chi connectivity index (χ2v) is 7.38. The van der Waals surface area contributed by atoms with Crippen LogP contribution in [-0.2, 0) is 0 Å². The van der Waals surface area contributed by atoms with E-state index >= 15 is 0 Å². The number of amides is 2. The Morgan fingerprint density at radius 1 is 1.00 bits per heavy atom. The highest BCUT2D eigenvalue weighted by Gasteiger charge is 2.23. The van der Waals surface area contributed by atoms with E-state index in [1.807, 2.05) is 31.2 Å². The largest absolute Gasteiger partial charge is 0.349 e. The lowest BCUT2D eigenvalue weighted by molar-refractivity contribution is 0.0950. The van der Waals surface area contributed by atoms with Crippen LogP contribution in [0.1, 0.15) is 38.4 Å². The maximum absolute atomic E-state index is 12.6. The summed E-state index contributed by atoms with van der Waals surface area (Å²) in [4.78, 5) is 25.3. The first-order valence-electron chi connectivity index (χ1n) is 8.32. The molecule has 1 aliphatic rings. The van der Waals surface area contributed by atoms with Crippen LogP contribution in [0.3, 0.4) is 0 Å². The molecule has 4 nitrogen and oxygen atoms in total. The maximum atomic E-state index is 12.6. The van der Waals surface area contributed by atoms with Crippen molar-refractivity contribution in [1.29, 1.82) is 0 Å². The highest BCUT2D eigenvalue weighted by molar-refractivity contribution is 7.21. The molecule has 25 heavy (non-hydrogen) atoms. The average Bonchev–Trinajstić information content (AvgIpc) is 3.37. The fourth-order valence-corrected chi connectivity index (χ4v) is 3.88. The fraction of sp³-hybridized carbons (Fsp3) is 0.200. The maximum Gasteiger partial charge on any atom is 0.266 e. The van der Waals surface area contributed by atoms with Gasteiger partial charge in [-0.15, -0.1) is 11.3 Å². The summed E-state index contributed by atoms with van der Waals surface area (Å²) < 4.78 is 1.11. The number of thiophene rings is 1. The summed E-state index contributed by atoms with van der Waals surface area (Å²) in [5, 5.41) is 6.99. The molecule has 0 aliphatic heterocycles. The first-order valence-corrected chi connectivity index (χ1v) is 9.14. The molecule has 0 bridgehead atoms. The van der Waals surface area contributed by atoms with Gasteiger partial charge in [-0.2, -0.15) is 0 Å². The van der Waals surface area contributed by atoms with Crippen molar-refractivity contribution in [1.82, 2.24) is 5.32 Å². The highest BCUT2D eigenvalue weighted by Crippen LogP contribution is 2.31. The molecule has 1 saturated carbocycles. The average molecular weight is 350 g/mol. The molecule has 2 N–H and O–H groups in total. The van der Waals surface area contributed by atoms with Crippen molar-refractivity contribution in [2.45, 2.75) is 25.8 Å².